The lowest BCUT2D eigenvalue weighted by molar-refractivity contribution is -0.127. The number of benzene rings is 1. The van der Waals surface area contributed by atoms with Crippen LogP contribution in [0.3, 0.4) is 0 Å². The standard InChI is InChI=1S/C20H26N4O4/c1-2-27-16-8-6-15(7-9-16)20-22-18(28-23-20)11-10-17(25)21-12-4-14-24-13-3-5-19(24)26/h6-9H,2-5,10-14H2,1H3,(H,21,25). The van der Waals surface area contributed by atoms with Crippen molar-refractivity contribution in [3.63, 3.8) is 0 Å². The van der Waals surface area contributed by atoms with Gasteiger partial charge in [0, 0.05) is 44.5 Å². The van der Waals surface area contributed by atoms with Crippen LogP contribution in [0.4, 0.5) is 0 Å². The summed E-state index contributed by atoms with van der Waals surface area (Å²) in [6.07, 6.45) is 3.02. The number of rotatable bonds is 10. The van der Waals surface area contributed by atoms with E-state index < -0.39 is 0 Å². The molecule has 1 N–H and O–H groups in total. The highest BCUT2D eigenvalue weighted by atomic mass is 16.5. The molecular formula is C20H26N4O4. The van der Waals surface area contributed by atoms with Gasteiger partial charge in [0.25, 0.3) is 0 Å². The highest BCUT2D eigenvalue weighted by Crippen LogP contribution is 2.20. The lowest BCUT2D eigenvalue weighted by Gasteiger charge is -2.15. The minimum atomic E-state index is -0.0615. The predicted molar refractivity (Wildman–Crippen MR) is 103 cm³/mol. The van der Waals surface area contributed by atoms with Crippen molar-refractivity contribution in [2.24, 2.45) is 0 Å². The van der Waals surface area contributed by atoms with Crippen molar-refractivity contribution in [1.82, 2.24) is 20.4 Å². The number of hydrogen-bond acceptors (Lipinski definition) is 6. The van der Waals surface area contributed by atoms with Crippen LogP contribution in [0.5, 0.6) is 5.75 Å². The Kier molecular flexibility index (Phi) is 7.00. The van der Waals surface area contributed by atoms with Crippen LogP contribution in [0.1, 0.15) is 38.5 Å². The molecule has 2 aromatic rings. The highest BCUT2D eigenvalue weighted by Gasteiger charge is 2.19. The van der Waals surface area contributed by atoms with Gasteiger partial charge < -0.3 is 19.5 Å². The van der Waals surface area contributed by atoms with Gasteiger partial charge in [0.05, 0.1) is 6.61 Å². The van der Waals surface area contributed by atoms with Gasteiger partial charge in [-0.2, -0.15) is 4.98 Å². The number of nitrogens with one attached hydrogen (secondary N) is 1. The van der Waals surface area contributed by atoms with Crippen molar-refractivity contribution < 1.29 is 18.8 Å². The van der Waals surface area contributed by atoms with E-state index in [0.717, 1.165) is 30.7 Å². The molecule has 2 amide bonds. The summed E-state index contributed by atoms with van der Waals surface area (Å²) < 4.78 is 10.6. The molecule has 1 saturated heterocycles. The first-order valence-corrected chi connectivity index (χ1v) is 9.76. The first-order valence-electron chi connectivity index (χ1n) is 9.76. The molecule has 150 valence electrons. The van der Waals surface area contributed by atoms with Gasteiger partial charge in [-0.1, -0.05) is 5.16 Å². The second-order valence-corrected chi connectivity index (χ2v) is 6.66. The fraction of sp³-hybridized carbons (Fsp3) is 0.500. The number of carbonyl (C=O) groups is 2. The van der Waals surface area contributed by atoms with Gasteiger partial charge in [-0.3, -0.25) is 9.59 Å². The third kappa shape index (κ3) is 5.55. The molecule has 1 aromatic heterocycles. The third-order valence-electron chi connectivity index (χ3n) is 4.56. The Morgan fingerprint density at radius 1 is 1.32 bits per heavy atom. The molecule has 0 unspecified atom stereocenters. The van der Waals surface area contributed by atoms with E-state index in [9.17, 15) is 9.59 Å². The maximum Gasteiger partial charge on any atom is 0.227 e. The first kappa shape index (κ1) is 19.9. The molecule has 8 heteroatoms. The minimum absolute atomic E-state index is 0.0615. The van der Waals surface area contributed by atoms with Gasteiger partial charge in [0.15, 0.2) is 0 Å². The zero-order chi connectivity index (χ0) is 19.8. The van der Waals surface area contributed by atoms with Gasteiger partial charge in [-0.05, 0) is 44.0 Å². The van der Waals surface area contributed by atoms with Crippen LogP contribution in [0.15, 0.2) is 28.8 Å². The van der Waals surface area contributed by atoms with Gasteiger partial charge in [-0.15, -0.1) is 0 Å². The molecule has 0 bridgehead atoms. The van der Waals surface area contributed by atoms with Crippen LogP contribution in [0.25, 0.3) is 11.4 Å². The zero-order valence-corrected chi connectivity index (χ0v) is 16.1. The molecule has 0 saturated carbocycles. The van der Waals surface area contributed by atoms with Crippen LogP contribution in [0, 0.1) is 0 Å². The number of aromatic nitrogens is 2. The lowest BCUT2D eigenvalue weighted by atomic mass is 10.2. The maximum absolute atomic E-state index is 12.0. The summed E-state index contributed by atoms with van der Waals surface area (Å²) >= 11 is 0. The second-order valence-electron chi connectivity index (χ2n) is 6.66. The van der Waals surface area contributed by atoms with Crippen molar-refractivity contribution in [2.45, 2.75) is 39.0 Å². The van der Waals surface area contributed by atoms with Crippen LogP contribution >= 0.6 is 0 Å². The Balaban J connectivity index is 1.37. The normalized spacial score (nSPS) is 13.8. The van der Waals surface area contributed by atoms with Gasteiger partial charge in [-0.25, -0.2) is 0 Å². The summed E-state index contributed by atoms with van der Waals surface area (Å²) in [5.41, 5.74) is 0.833. The Labute approximate surface area is 164 Å². The van der Waals surface area contributed by atoms with E-state index in [0.29, 0.717) is 44.3 Å². The summed E-state index contributed by atoms with van der Waals surface area (Å²) in [6.45, 7) is 4.65. The van der Waals surface area contributed by atoms with Crippen molar-refractivity contribution in [1.29, 1.82) is 0 Å². The van der Waals surface area contributed by atoms with Gasteiger partial charge >= 0.3 is 0 Å². The molecule has 0 atom stereocenters. The highest BCUT2D eigenvalue weighted by molar-refractivity contribution is 5.78. The molecule has 0 radical (unpaired) electrons. The molecule has 0 spiro atoms. The van der Waals surface area contributed by atoms with Gasteiger partial charge in [0.1, 0.15) is 5.75 Å². The number of likely N-dealkylation sites (tertiary alicyclic amines) is 1. The first-order chi connectivity index (χ1) is 13.7. The molecule has 0 aliphatic carbocycles. The topological polar surface area (TPSA) is 97.6 Å². The molecule has 1 aromatic carbocycles. The van der Waals surface area contributed by atoms with E-state index in [-0.39, 0.29) is 18.2 Å². The molecule has 8 nitrogen and oxygen atoms in total. The minimum Gasteiger partial charge on any atom is -0.494 e. The number of hydrogen-bond donors (Lipinski definition) is 1. The predicted octanol–water partition coefficient (Wildman–Crippen LogP) is 2.20. The monoisotopic (exact) mass is 386 g/mol. The van der Waals surface area contributed by atoms with E-state index >= 15 is 0 Å². The smallest absolute Gasteiger partial charge is 0.227 e. The van der Waals surface area contributed by atoms with E-state index in [4.69, 9.17) is 9.26 Å². The molecule has 2 heterocycles. The Morgan fingerprint density at radius 2 is 2.14 bits per heavy atom. The lowest BCUT2D eigenvalue weighted by Crippen LogP contribution is -2.30. The van der Waals surface area contributed by atoms with Crippen LogP contribution in [-0.2, 0) is 16.0 Å². The summed E-state index contributed by atoms with van der Waals surface area (Å²) in [4.78, 5) is 29.7. The summed E-state index contributed by atoms with van der Waals surface area (Å²) in [5, 5.41) is 6.84. The van der Waals surface area contributed by atoms with E-state index in [2.05, 4.69) is 15.5 Å². The zero-order valence-electron chi connectivity index (χ0n) is 16.1. The Morgan fingerprint density at radius 3 is 2.86 bits per heavy atom. The Bertz CT molecular complexity index is 788. The average molecular weight is 386 g/mol. The largest absolute Gasteiger partial charge is 0.494 e. The van der Waals surface area contributed by atoms with Crippen LogP contribution in [-0.4, -0.2) is 53.1 Å². The molecule has 1 fully saturated rings. The molecule has 28 heavy (non-hydrogen) atoms. The van der Waals surface area contributed by atoms with E-state index in [1.807, 2.05) is 36.1 Å². The summed E-state index contributed by atoms with van der Waals surface area (Å²) in [5.74, 6) is 1.87. The van der Waals surface area contributed by atoms with E-state index in [1.165, 1.54) is 0 Å². The third-order valence-corrected chi connectivity index (χ3v) is 4.56. The second kappa shape index (κ2) is 9.87. The SMILES string of the molecule is CCOc1ccc(-c2noc(CCC(=O)NCCCN3CCCC3=O)n2)cc1. The van der Waals surface area contributed by atoms with Gasteiger partial charge in [0.2, 0.25) is 23.5 Å². The molecule has 1 aliphatic heterocycles. The maximum atomic E-state index is 12.0. The van der Waals surface area contributed by atoms with Crippen LogP contribution < -0.4 is 10.1 Å². The van der Waals surface area contributed by atoms with Crippen molar-refractivity contribution in [3.8, 4) is 17.1 Å². The summed E-state index contributed by atoms with van der Waals surface area (Å²) in [6, 6.07) is 7.46. The number of aryl methyl sites for hydroxylation is 1. The summed E-state index contributed by atoms with van der Waals surface area (Å²) in [7, 11) is 0. The number of amides is 2. The number of ether oxygens (including phenoxy) is 1. The van der Waals surface area contributed by atoms with Crippen molar-refractivity contribution in [2.75, 3.05) is 26.2 Å². The molecule has 3 rings (SSSR count). The molecule has 1 aliphatic rings. The fourth-order valence-electron chi connectivity index (χ4n) is 3.09. The van der Waals surface area contributed by atoms with E-state index in [1.54, 1.807) is 0 Å². The van der Waals surface area contributed by atoms with Crippen LogP contribution in [0.2, 0.25) is 0 Å². The number of carbonyl (C=O) groups excluding carboxylic acids is 2. The number of nitrogens with zero attached hydrogens (tertiary/aromatic N) is 3. The van der Waals surface area contributed by atoms with Crippen molar-refractivity contribution in [3.05, 3.63) is 30.2 Å². The Hall–Kier alpha value is -2.90. The quantitative estimate of drug-likeness (QED) is 0.629. The average Bonchev–Trinajstić information content (AvgIpc) is 3.34. The fourth-order valence-corrected chi connectivity index (χ4v) is 3.09. The van der Waals surface area contributed by atoms with Crippen molar-refractivity contribution >= 4 is 11.8 Å². The molecular weight excluding hydrogens is 360 g/mol.